The molecule has 1 N–H and O–H groups in total. The van der Waals surface area contributed by atoms with Crippen LogP contribution in [0.25, 0.3) is 0 Å². The molecule has 1 aromatic carbocycles. The third-order valence-electron chi connectivity index (χ3n) is 3.09. The average molecular weight is 262 g/mol. The molecular formula is C17H30N2. The van der Waals surface area contributed by atoms with Gasteiger partial charge in [0.05, 0.1) is 0 Å². The second kappa shape index (κ2) is 6.95. The Bertz CT molecular complexity index is 360. The van der Waals surface area contributed by atoms with E-state index in [2.05, 4.69) is 76.0 Å². The summed E-state index contributed by atoms with van der Waals surface area (Å²) in [6, 6.07) is 8.95. The van der Waals surface area contributed by atoms with Crippen LogP contribution >= 0.6 is 0 Å². The molecule has 0 aliphatic rings. The summed E-state index contributed by atoms with van der Waals surface area (Å²) in [5.74, 6) is 0.696. The number of anilines is 1. The summed E-state index contributed by atoms with van der Waals surface area (Å²) in [5, 5.41) is 3.52. The molecule has 108 valence electrons. The van der Waals surface area contributed by atoms with Gasteiger partial charge in [0.2, 0.25) is 0 Å². The Morgan fingerprint density at radius 3 is 2.11 bits per heavy atom. The van der Waals surface area contributed by atoms with Gasteiger partial charge in [0.1, 0.15) is 0 Å². The second-order valence-electron chi connectivity index (χ2n) is 6.70. The van der Waals surface area contributed by atoms with Gasteiger partial charge in [-0.2, -0.15) is 0 Å². The summed E-state index contributed by atoms with van der Waals surface area (Å²) in [6.07, 6.45) is 0. The van der Waals surface area contributed by atoms with Gasteiger partial charge in [0.15, 0.2) is 0 Å². The summed E-state index contributed by atoms with van der Waals surface area (Å²) in [5.41, 5.74) is 2.85. The molecule has 0 saturated heterocycles. The number of nitrogens with zero attached hydrogens (tertiary/aromatic N) is 1. The van der Waals surface area contributed by atoms with Gasteiger partial charge < -0.3 is 10.2 Å². The summed E-state index contributed by atoms with van der Waals surface area (Å²) in [7, 11) is 0. The average Bonchev–Trinajstić information content (AvgIpc) is 2.33. The quantitative estimate of drug-likeness (QED) is 0.832. The fraction of sp³-hybridized carbons (Fsp3) is 0.647. The molecule has 2 heteroatoms. The van der Waals surface area contributed by atoms with Crippen LogP contribution in [0.2, 0.25) is 0 Å². The highest BCUT2D eigenvalue weighted by Gasteiger charge is 2.09. The van der Waals surface area contributed by atoms with Crippen LogP contribution in [0, 0.1) is 5.92 Å². The molecule has 0 fully saturated rings. The third-order valence-corrected chi connectivity index (χ3v) is 3.09. The van der Waals surface area contributed by atoms with E-state index in [9.17, 15) is 0 Å². The zero-order valence-electron chi connectivity index (χ0n) is 13.5. The lowest BCUT2D eigenvalue weighted by atomic mass is 10.1. The van der Waals surface area contributed by atoms with Gasteiger partial charge in [-0.3, -0.25) is 0 Å². The maximum atomic E-state index is 3.52. The first kappa shape index (κ1) is 16.0. The first-order valence-electron chi connectivity index (χ1n) is 7.40. The Morgan fingerprint density at radius 1 is 1.11 bits per heavy atom. The van der Waals surface area contributed by atoms with Crippen molar-refractivity contribution in [2.75, 3.05) is 18.0 Å². The largest absolute Gasteiger partial charge is 0.372 e. The molecule has 0 spiro atoms. The Hall–Kier alpha value is -1.02. The predicted octanol–water partition coefficient (Wildman–Crippen LogP) is 4.06. The molecule has 19 heavy (non-hydrogen) atoms. The van der Waals surface area contributed by atoms with Crippen molar-refractivity contribution in [1.29, 1.82) is 0 Å². The van der Waals surface area contributed by atoms with Crippen LogP contribution in [-0.4, -0.2) is 18.6 Å². The molecule has 0 aliphatic heterocycles. The minimum absolute atomic E-state index is 0.172. The molecule has 1 rings (SSSR count). The number of hydrogen-bond acceptors (Lipinski definition) is 2. The highest BCUT2D eigenvalue weighted by atomic mass is 15.1. The van der Waals surface area contributed by atoms with Crippen molar-refractivity contribution in [2.45, 2.75) is 53.6 Å². The van der Waals surface area contributed by atoms with E-state index >= 15 is 0 Å². The maximum absolute atomic E-state index is 3.52. The Labute approximate surface area is 119 Å². The minimum Gasteiger partial charge on any atom is -0.372 e. The fourth-order valence-electron chi connectivity index (χ4n) is 2.05. The van der Waals surface area contributed by atoms with Gasteiger partial charge in [-0.05, 0) is 51.3 Å². The molecule has 2 nitrogen and oxygen atoms in total. The highest BCUT2D eigenvalue weighted by Crippen LogP contribution is 2.17. The molecule has 0 bridgehead atoms. The van der Waals surface area contributed by atoms with Crippen LogP contribution < -0.4 is 10.2 Å². The Morgan fingerprint density at radius 2 is 1.68 bits per heavy atom. The van der Waals surface area contributed by atoms with Crippen molar-refractivity contribution < 1.29 is 0 Å². The van der Waals surface area contributed by atoms with E-state index in [0.717, 1.165) is 19.6 Å². The monoisotopic (exact) mass is 262 g/mol. The van der Waals surface area contributed by atoms with Crippen LogP contribution in [0.5, 0.6) is 0 Å². The topological polar surface area (TPSA) is 15.3 Å². The molecule has 0 aromatic heterocycles. The van der Waals surface area contributed by atoms with Crippen LogP contribution in [0.15, 0.2) is 24.3 Å². The van der Waals surface area contributed by atoms with E-state index in [-0.39, 0.29) is 5.54 Å². The van der Waals surface area contributed by atoms with Gasteiger partial charge in [0, 0.05) is 30.9 Å². The molecule has 0 radical (unpaired) electrons. The maximum Gasteiger partial charge on any atom is 0.0366 e. The molecule has 0 unspecified atom stereocenters. The zero-order chi connectivity index (χ0) is 14.5. The fourth-order valence-corrected chi connectivity index (χ4v) is 2.05. The second-order valence-corrected chi connectivity index (χ2v) is 6.70. The third kappa shape index (κ3) is 6.11. The number of rotatable bonds is 6. The standard InChI is InChI=1S/C17H30N2/c1-7-19(13-14(2)3)16-10-8-15(9-11-16)12-18-17(4,5)6/h8-11,14,18H,7,12-13H2,1-6H3. The summed E-state index contributed by atoms with van der Waals surface area (Å²) in [4.78, 5) is 2.44. The number of nitrogens with one attached hydrogen (secondary N) is 1. The van der Waals surface area contributed by atoms with Crippen LogP contribution in [0.3, 0.4) is 0 Å². The minimum atomic E-state index is 0.172. The van der Waals surface area contributed by atoms with Crippen LogP contribution in [0.1, 0.15) is 47.1 Å². The zero-order valence-corrected chi connectivity index (χ0v) is 13.5. The Balaban J connectivity index is 2.64. The lowest BCUT2D eigenvalue weighted by Crippen LogP contribution is -2.35. The molecule has 0 heterocycles. The van der Waals surface area contributed by atoms with Crippen molar-refractivity contribution in [3.05, 3.63) is 29.8 Å². The van der Waals surface area contributed by atoms with Gasteiger partial charge in [-0.1, -0.05) is 26.0 Å². The van der Waals surface area contributed by atoms with E-state index in [1.165, 1.54) is 11.3 Å². The van der Waals surface area contributed by atoms with Gasteiger partial charge in [0.25, 0.3) is 0 Å². The smallest absolute Gasteiger partial charge is 0.0366 e. The first-order chi connectivity index (χ1) is 8.81. The molecule has 0 atom stereocenters. The summed E-state index contributed by atoms with van der Waals surface area (Å²) < 4.78 is 0. The molecule has 0 amide bonds. The lowest BCUT2D eigenvalue weighted by molar-refractivity contribution is 0.424. The van der Waals surface area contributed by atoms with E-state index in [4.69, 9.17) is 0 Å². The van der Waals surface area contributed by atoms with Gasteiger partial charge in [-0.15, -0.1) is 0 Å². The van der Waals surface area contributed by atoms with Crippen LogP contribution in [0.4, 0.5) is 5.69 Å². The molecule has 0 aliphatic carbocycles. The molecule has 1 aromatic rings. The van der Waals surface area contributed by atoms with E-state index in [1.807, 2.05) is 0 Å². The van der Waals surface area contributed by atoms with Gasteiger partial charge >= 0.3 is 0 Å². The van der Waals surface area contributed by atoms with E-state index in [0.29, 0.717) is 5.92 Å². The lowest BCUT2D eigenvalue weighted by Gasteiger charge is -2.25. The van der Waals surface area contributed by atoms with Gasteiger partial charge in [-0.25, -0.2) is 0 Å². The summed E-state index contributed by atoms with van der Waals surface area (Å²) >= 11 is 0. The van der Waals surface area contributed by atoms with E-state index < -0.39 is 0 Å². The van der Waals surface area contributed by atoms with Crippen LogP contribution in [-0.2, 0) is 6.54 Å². The normalized spacial score (nSPS) is 11.9. The molecule has 0 saturated carbocycles. The van der Waals surface area contributed by atoms with E-state index in [1.54, 1.807) is 0 Å². The number of benzene rings is 1. The summed E-state index contributed by atoms with van der Waals surface area (Å²) in [6.45, 7) is 16.5. The van der Waals surface area contributed by atoms with Crippen molar-refractivity contribution in [3.8, 4) is 0 Å². The number of hydrogen-bond donors (Lipinski definition) is 1. The predicted molar refractivity (Wildman–Crippen MR) is 85.8 cm³/mol. The van der Waals surface area contributed by atoms with Crippen molar-refractivity contribution in [2.24, 2.45) is 5.92 Å². The van der Waals surface area contributed by atoms with Crippen molar-refractivity contribution >= 4 is 5.69 Å². The Kier molecular flexibility index (Phi) is 5.86. The van der Waals surface area contributed by atoms with Crippen molar-refractivity contribution in [3.63, 3.8) is 0 Å². The first-order valence-corrected chi connectivity index (χ1v) is 7.40. The van der Waals surface area contributed by atoms with Crippen molar-refractivity contribution in [1.82, 2.24) is 5.32 Å². The molecular weight excluding hydrogens is 232 g/mol. The SMILES string of the molecule is CCN(CC(C)C)c1ccc(CNC(C)(C)C)cc1. The highest BCUT2D eigenvalue weighted by molar-refractivity contribution is 5.47.